The molecule has 1 aliphatic rings. The molecule has 0 bridgehead atoms. The van der Waals surface area contributed by atoms with Crippen LogP contribution in [0.3, 0.4) is 0 Å². The van der Waals surface area contributed by atoms with E-state index in [9.17, 15) is 4.79 Å². The molecule has 1 aliphatic heterocycles. The summed E-state index contributed by atoms with van der Waals surface area (Å²) in [5.74, 6) is 0.865. The fraction of sp³-hybridized carbons (Fsp3) is 0.462. The molecule has 20 heavy (non-hydrogen) atoms. The van der Waals surface area contributed by atoms with Crippen molar-refractivity contribution in [2.24, 2.45) is 0 Å². The maximum absolute atomic E-state index is 12.2. The molecule has 7 heteroatoms. The molecule has 0 unspecified atom stereocenters. The molecule has 0 atom stereocenters. The van der Waals surface area contributed by atoms with Crippen molar-refractivity contribution in [1.82, 2.24) is 25.0 Å². The Balaban J connectivity index is 1.54. The molecule has 0 saturated carbocycles. The van der Waals surface area contributed by atoms with Crippen LogP contribution in [-0.2, 0) is 6.54 Å². The van der Waals surface area contributed by atoms with Crippen molar-refractivity contribution in [2.45, 2.75) is 13.5 Å². The normalized spacial score (nSPS) is 16.6. The van der Waals surface area contributed by atoms with Gasteiger partial charge in [0.05, 0.1) is 0 Å². The van der Waals surface area contributed by atoms with Crippen molar-refractivity contribution < 1.29 is 4.79 Å². The average molecular weight is 291 g/mol. The van der Waals surface area contributed by atoms with Crippen molar-refractivity contribution in [1.29, 1.82) is 0 Å². The van der Waals surface area contributed by atoms with Crippen molar-refractivity contribution in [3.05, 3.63) is 34.0 Å². The second-order valence-electron chi connectivity index (χ2n) is 4.89. The lowest BCUT2D eigenvalue weighted by atomic mass is 10.3. The first-order valence-electron chi connectivity index (χ1n) is 6.65. The first kappa shape index (κ1) is 13.3. The number of carbonyl (C=O) groups excluding carboxylic acids is 1. The Hall–Kier alpha value is -1.73. The molecular formula is C13H17N5OS. The predicted octanol–water partition coefficient (Wildman–Crippen LogP) is 1.13. The summed E-state index contributed by atoms with van der Waals surface area (Å²) in [6, 6.07) is 4.23. The van der Waals surface area contributed by atoms with Crippen LogP contribution in [-0.4, -0.2) is 57.1 Å². The summed E-state index contributed by atoms with van der Waals surface area (Å²) in [6.07, 6.45) is 0. The zero-order valence-corrected chi connectivity index (χ0v) is 12.2. The molecule has 0 aliphatic carbocycles. The zero-order valence-electron chi connectivity index (χ0n) is 11.4. The number of hydrogen-bond donors (Lipinski definition) is 1. The molecule has 6 nitrogen and oxygen atoms in total. The summed E-state index contributed by atoms with van der Waals surface area (Å²) in [5, 5.41) is 8.74. The van der Waals surface area contributed by atoms with Gasteiger partial charge in [-0.25, -0.2) is 4.98 Å². The number of piperazine rings is 1. The largest absolute Gasteiger partial charge is 0.333 e. The highest BCUT2D eigenvalue weighted by molar-refractivity contribution is 7.09. The summed E-state index contributed by atoms with van der Waals surface area (Å²) < 4.78 is 0. The van der Waals surface area contributed by atoms with Gasteiger partial charge in [0.1, 0.15) is 5.82 Å². The molecule has 106 valence electrons. The summed E-state index contributed by atoms with van der Waals surface area (Å²) in [6.45, 7) is 6.03. The van der Waals surface area contributed by atoms with Gasteiger partial charge in [0.25, 0.3) is 5.91 Å². The van der Waals surface area contributed by atoms with Crippen molar-refractivity contribution in [2.75, 3.05) is 26.2 Å². The van der Waals surface area contributed by atoms with Gasteiger partial charge < -0.3 is 4.90 Å². The van der Waals surface area contributed by atoms with E-state index in [1.165, 1.54) is 4.88 Å². The van der Waals surface area contributed by atoms with Crippen LogP contribution in [0.25, 0.3) is 0 Å². The minimum Gasteiger partial charge on any atom is -0.333 e. The fourth-order valence-electron chi connectivity index (χ4n) is 2.31. The molecule has 3 rings (SSSR count). The molecule has 2 aromatic heterocycles. The van der Waals surface area contributed by atoms with Gasteiger partial charge in [-0.1, -0.05) is 6.07 Å². The minimum absolute atomic E-state index is 0.0786. The Morgan fingerprint density at radius 2 is 2.20 bits per heavy atom. The number of nitrogens with one attached hydrogen (secondary N) is 1. The monoisotopic (exact) mass is 291 g/mol. The number of H-pyrrole nitrogens is 1. The Kier molecular flexibility index (Phi) is 3.79. The summed E-state index contributed by atoms with van der Waals surface area (Å²) in [7, 11) is 0. The first-order chi connectivity index (χ1) is 9.72. The third-order valence-corrected chi connectivity index (χ3v) is 4.27. The van der Waals surface area contributed by atoms with E-state index in [0.717, 1.165) is 32.7 Å². The van der Waals surface area contributed by atoms with Crippen LogP contribution in [0.5, 0.6) is 0 Å². The van der Waals surface area contributed by atoms with Crippen LogP contribution in [0.1, 0.15) is 21.3 Å². The van der Waals surface area contributed by atoms with E-state index in [1.54, 1.807) is 18.3 Å². The van der Waals surface area contributed by atoms with Crippen LogP contribution >= 0.6 is 11.3 Å². The van der Waals surface area contributed by atoms with Gasteiger partial charge in [0.2, 0.25) is 5.82 Å². The molecular weight excluding hydrogens is 274 g/mol. The van der Waals surface area contributed by atoms with Gasteiger partial charge in [-0.2, -0.15) is 0 Å². The number of thiophene rings is 1. The van der Waals surface area contributed by atoms with Crippen molar-refractivity contribution in [3.8, 4) is 0 Å². The summed E-state index contributed by atoms with van der Waals surface area (Å²) in [5.41, 5.74) is 0. The van der Waals surface area contributed by atoms with E-state index < -0.39 is 0 Å². The number of aryl methyl sites for hydroxylation is 1. The Bertz CT molecular complexity index is 571. The maximum atomic E-state index is 12.2. The van der Waals surface area contributed by atoms with Gasteiger partial charge in [0, 0.05) is 37.6 Å². The molecule has 1 fully saturated rings. The molecule has 3 heterocycles. The molecule has 0 spiro atoms. The molecule has 1 amide bonds. The Morgan fingerprint density at radius 3 is 2.80 bits per heavy atom. The number of aromatic nitrogens is 3. The van der Waals surface area contributed by atoms with E-state index in [0.29, 0.717) is 5.82 Å². The van der Waals surface area contributed by atoms with Crippen LogP contribution in [0.15, 0.2) is 17.5 Å². The van der Waals surface area contributed by atoms with Crippen LogP contribution in [0.2, 0.25) is 0 Å². The first-order valence-corrected chi connectivity index (χ1v) is 7.53. The number of hydrogen-bond acceptors (Lipinski definition) is 5. The molecule has 2 aromatic rings. The molecule has 0 aromatic carbocycles. The smallest absolute Gasteiger partial charge is 0.293 e. The molecule has 1 N–H and O–H groups in total. The number of aromatic amines is 1. The van der Waals surface area contributed by atoms with E-state index in [-0.39, 0.29) is 11.7 Å². The van der Waals surface area contributed by atoms with Gasteiger partial charge in [0.15, 0.2) is 0 Å². The van der Waals surface area contributed by atoms with Crippen LogP contribution in [0.4, 0.5) is 0 Å². The zero-order chi connectivity index (χ0) is 13.9. The minimum atomic E-state index is -0.0786. The third kappa shape index (κ3) is 2.88. The van der Waals surface area contributed by atoms with Gasteiger partial charge in [-0.05, 0) is 18.4 Å². The third-order valence-electron chi connectivity index (χ3n) is 3.41. The van der Waals surface area contributed by atoms with Gasteiger partial charge >= 0.3 is 0 Å². The topological polar surface area (TPSA) is 65.1 Å². The maximum Gasteiger partial charge on any atom is 0.293 e. The number of nitrogens with zero attached hydrogens (tertiary/aromatic N) is 4. The Labute approximate surface area is 121 Å². The Morgan fingerprint density at radius 1 is 1.40 bits per heavy atom. The lowest BCUT2D eigenvalue weighted by molar-refractivity contribution is 0.0618. The van der Waals surface area contributed by atoms with E-state index in [2.05, 4.69) is 37.6 Å². The van der Waals surface area contributed by atoms with Crippen molar-refractivity contribution >= 4 is 17.2 Å². The van der Waals surface area contributed by atoms with E-state index in [4.69, 9.17) is 0 Å². The highest BCUT2D eigenvalue weighted by Crippen LogP contribution is 2.14. The van der Waals surface area contributed by atoms with Crippen molar-refractivity contribution in [3.63, 3.8) is 0 Å². The highest BCUT2D eigenvalue weighted by atomic mass is 32.1. The van der Waals surface area contributed by atoms with Crippen LogP contribution < -0.4 is 0 Å². The predicted molar refractivity (Wildman–Crippen MR) is 76.6 cm³/mol. The van der Waals surface area contributed by atoms with E-state index >= 15 is 0 Å². The van der Waals surface area contributed by atoms with Crippen LogP contribution in [0, 0.1) is 6.92 Å². The second kappa shape index (κ2) is 5.72. The molecule has 1 saturated heterocycles. The van der Waals surface area contributed by atoms with Gasteiger partial charge in [-0.15, -0.1) is 16.4 Å². The second-order valence-corrected chi connectivity index (χ2v) is 5.92. The number of rotatable bonds is 3. The lowest BCUT2D eigenvalue weighted by Crippen LogP contribution is -2.48. The lowest BCUT2D eigenvalue weighted by Gasteiger charge is -2.33. The summed E-state index contributed by atoms with van der Waals surface area (Å²) in [4.78, 5) is 21.9. The van der Waals surface area contributed by atoms with E-state index in [1.807, 2.05) is 4.90 Å². The number of amides is 1. The summed E-state index contributed by atoms with van der Waals surface area (Å²) >= 11 is 1.78. The standard InChI is InChI=1S/C13H17N5OS/c1-10-14-12(16-15-10)13(19)18-6-4-17(5-7-18)9-11-3-2-8-20-11/h2-3,8H,4-7,9H2,1H3,(H,14,15,16). The number of carbonyl (C=O) groups is 1. The SMILES string of the molecule is Cc1nc(C(=O)N2CCN(Cc3cccs3)CC2)n[nH]1. The average Bonchev–Trinajstić information content (AvgIpc) is 3.10. The fourth-order valence-corrected chi connectivity index (χ4v) is 3.06. The molecule has 0 radical (unpaired) electrons. The van der Waals surface area contributed by atoms with Gasteiger partial charge in [-0.3, -0.25) is 14.8 Å². The quantitative estimate of drug-likeness (QED) is 0.921. The highest BCUT2D eigenvalue weighted by Gasteiger charge is 2.24.